The minimum absolute atomic E-state index is 0.0414. The lowest BCUT2D eigenvalue weighted by Crippen LogP contribution is -2.44. The van der Waals surface area contributed by atoms with Crippen LogP contribution in [0.1, 0.15) is 22.0 Å². The zero-order valence-corrected chi connectivity index (χ0v) is 13.3. The highest BCUT2D eigenvalue weighted by molar-refractivity contribution is 6.35. The summed E-state index contributed by atoms with van der Waals surface area (Å²) in [4.78, 5) is 35.2. The van der Waals surface area contributed by atoms with Gasteiger partial charge >= 0.3 is 11.8 Å². The molecule has 0 bridgehead atoms. The van der Waals surface area contributed by atoms with Crippen molar-refractivity contribution >= 4 is 17.7 Å². The molecule has 2 rings (SSSR count). The van der Waals surface area contributed by atoms with E-state index >= 15 is 0 Å². The zero-order valence-electron chi connectivity index (χ0n) is 13.3. The maximum atomic E-state index is 11.8. The van der Waals surface area contributed by atoms with Gasteiger partial charge in [-0.3, -0.25) is 14.4 Å². The average molecular weight is 334 g/mol. The van der Waals surface area contributed by atoms with Crippen molar-refractivity contribution in [1.82, 2.24) is 10.6 Å². The molecule has 24 heavy (non-hydrogen) atoms. The van der Waals surface area contributed by atoms with Crippen LogP contribution < -0.4 is 10.6 Å². The first kappa shape index (κ1) is 17.7. The highest BCUT2D eigenvalue weighted by Crippen LogP contribution is 2.26. The molecular weight excluding hydrogens is 316 g/mol. The van der Waals surface area contributed by atoms with Crippen molar-refractivity contribution in [3.63, 3.8) is 0 Å². The van der Waals surface area contributed by atoms with Gasteiger partial charge in [0.05, 0.1) is 6.54 Å². The Morgan fingerprint density at radius 2 is 1.83 bits per heavy atom. The number of carbonyl (C=O) groups excluding carboxylic acids is 3. The summed E-state index contributed by atoms with van der Waals surface area (Å²) in [5, 5.41) is 12.3. The molecule has 0 fully saturated rings. The van der Waals surface area contributed by atoms with E-state index in [2.05, 4.69) is 20.9 Å². The van der Waals surface area contributed by atoms with Crippen LogP contribution in [0.15, 0.2) is 34.5 Å². The molecular formula is C15H18N4O5. The number of nitrogens with zero attached hydrogens (tertiary/aromatic N) is 2. The fraction of sp³-hybridized carbons (Fsp3) is 0.400. The van der Waals surface area contributed by atoms with E-state index < -0.39 is 30.1 Å². The Labute approximate surface area is 138 Å². The second-order valence-electron chi connectivity index (χ2n) is 4.94. The number of amides is 3. The summed E-state index contributed by atoms with van der Waals surface area (Å²) in [6.07, 6.45) is -0.633. The van der Waals surface area contributed by atoms with Crippen molar-refractivity contribution in [2.45, 2.75) is 12.3 Å². The van der Waals surface area contributed by atoms with E-state index in [1.165, 1.54) is 14.2 Å². The number of rotatable bonds is 6. The molecule has 1 aromatic rings. The summed E-state index contributed by atoms with van der Waals surface area (Å²) < 4.78 is 9.81. The van der Waals surface area contributed by atoms with E-state index in [1.54, 1.807) is 24.3 Å². The highest BCUT2D eigenvalue weighted by Gasteiger charge is 2.24. The molecule has 9 heteroatoms. The third kappa shape index (κ3) is 4.21. The quantitative estimate of drug-likeness (QED) is 0.568. The second-order valence-corrected chi connectivity index (χ2v) is 4.94. The molecule has 1 heterocycles. The lowest BCUT2D eigenvalue weighted by molar-refractivity contribution is -0.141. The maximum Gasteiger partial charge on any atom is 0.309 e. The summed E-state index contributed by atoms with van der Waals surface area (Å²) in [7, 11) is 2.85. The van der Waals surface area contributed by atoms with Crippen LogP contribution in [0, 0.1) is 0 Å². The zero-order chi connectivity index (χ0) is 17.5. The number of methoxy groups -OCH3 is 2. The average Bonchev–Trinajstić information content (AvgIpc) is 2.61. The van der Waals surface area contributed by atoms with Crippen molar-refractivity contribution in [2.75, 3.05) is 27.3 Å². The predicted molar refractivity (Wildman–Crippen MR) is 82.2 cm³/mol. The summed E-state index contributed by atoms with van der Waals surface area (Å²) in [6, 6.07) is 6.37. The first-order chi connectivity index (χ1) is 11.6. The molecule has 0 spiro atoms. The largest absolute Gasteiger partial charge is 0.354 e. The third-order valence-electron chi connectivity index (χ3n) is 3.46. The van der Waals surface area contributed by atoms with Crippen LogP contribution >= 0.6 is 0 Å². The Kier molecular flexibility index (Phi) is 6.10. The second kappa shape index (κ2) is 8.27. The minimum atomic E-state index is -0.814. The smallest absolute Gasteiger partial charge is 0.309 e. The number of nitrogens with one attached hydrogen (secondary N) is 2. The molecule has 1 atom stereocenters. The van der Waals surface area contributed by atoms with Crippen LogP contribution in [0.3, 0.4) is 0 Å². The Morgan fingerprint density at radius 1 is 1.17 bits per heavy atom. The van der Waals surface area contributed by atoms with Crippen LogP contribution in [0.5, 0.6) is 0 Å². The molecule has 3 amide bonds. The molecule has 1 aromatic carbocycles. The van der Waals surface area contributed by atoms with Crippen LogP contribution in [0.25, 0.3) is 0 Å². The van der Waals surface area contributed by atoms with Gasteiger partial charge in [-0.05, 0) is 11.6 Å². The van der Waals surface area contributed by atoms with Gasteiger partial charge in [0.25, 0.3) is 5.91 Å². The first-order valence-corrected chi connectivity index (χ1v) is 7.22. The van der Waals surface area contributed by atoms with E-state index in [1.807, 2.05) is 0 Å². The van der Waals surface area contributed by atoms with Crippen LogP contribution in [-0.4, -0.2) is 51.3 Å². The highest BCUT2D eigenvalue weighted by atomic mass is 16.7. The van der Waals surface area contributed by atoms with Gasteiger partial charge in [0.15, 0.2) is 6.29 Å². The van der Waals surface area contributed by atoms with Gasteiger partial charge in [-0.2, -0.15) is 5.11 Å². The summed E-state index contributed by atoms with van der Waals surface area (Å²) in [5.41, 5.74) is 1.11. The molecule has 9 nitrogen and oxygen atoms in total. The standard InChI is InChI=1S/C15H18N4O5/c1-23-12(24-2)8-17-15(22)14(21)16-7-11-9-5-3-4-6-10(9)13(20)19-18-11/h3-6,11-12H,7-8H2,1-2H3,(H,16,21)(H,17,22). The van der Waals surface area contributed by atoms with Crippen molar-refractivity contribution in [2.24, 2.45) is 10.2 Å². The van der Waals surface area contributed by atoms with Crippen molar-refractivity contribution in [1.29, 1.82) is 0 Å². The molecule has 1 aliphatic rings. The lowest BCUT2D eigenvalue weighted by Gasteiger charge is -2.18. The molecule has 128 valence electrons. The summed E-state index contributed by atoms with van der Waals surface area (Å²) in [5.74, 6) is -2.05. The van der Waals surface area contributed by atoms with E-state index in [0.717, 1.165) is 0 Å². The van der Waals surface area contributed by atoms with Crippen molar-refractivity contribution in [3.05, 3.63) is 35.4 Å². The molecule has 0 aromatic heterocycles. The van der Waals surface area contributed by atoms with Crippen molar-refractivity contribution in [3.8, 4) is 0 Å². The topological polar surface area (TPSA) is 118 Å². The number of carbonyl (C=O) groups is 3. The van der Waals surface area contributed by atoms with Gasteiger partial charge in [-0.15, -0.1) is 5.11 Å². The molecule has 2 N–H and O–H groups in total. The fourth-order valence-electron chi connectivity index (χ4n) is 2.16. The molecule has 0 radical (unpaired) electrons. The van der Waals surface area contributed by atoms with Crippen LogP contribution in [0.2, 0.25) is 0 Å². The Hall–Kier alpha value is -2.65. The monoisotopic (exact) mass is 334 g/mol. The SMILES string of the molecule is COC(CNC(=O)C(=O)NCC1N=NC(=O)c2ccccc21)OC. The first-order valence-electron chi connectivity index (χ1n) is 7.22. The fourth-order valence-corrected chi connectivity index (χ4v) is 2.16. The molecule has 0 saturated heterocycles. The normalized spacial score (nSPS) is 16.0. The third-order valence-corrected chi connectivity index (χ3v) is 3.46. The number of hydrogen-bond donors (Lipinski definition) is 2. The molecule has 1 aliphatic heterocycles. The van der Waals surface area contributed by atoms with E-state index in [-0.39, 0.29) is 13.1 Å². The number of fused-ring (bicyclic) bond motifs is 1. The molecule has 0 saturated carbocycles. The molecule has 1 unspecified atom stereocenters. The van der Waals surface area contributed by atoms with Gasteiger partial charge < -0.3 is 20.1 Å². The Balaban J connectivity index is 1.89. The van der Waals surface area contributed by atoms with Gasteiger partial charge in [-0.25, -0.2) is 0 Å². The lowest BCUT2D eigenvalue weighted by atomic mass is 9.99. The van der Waals surface area contributed by atoms with Crippen molar-refractivity contribution < 1.29 is 23.9 Å². The maximum absolute atomic E-state index is 11.8. The van der Waals surface area contributed by atoms with Gasteiger partial charge in [0, 0.05) is 26.3 Å². The number of ether oxygens (including phenoxy) is 2. The van der Waals surface area contributed by atoms with Gasteiger partial charge in [0.1, 0.15) is 6.04 Å². The number of benzene rings is 1. The van der Waals surface area contributed by atoms with E-state index in [9.17, 15) is 14.4 Å². The van der Waals surface area contributed by atoms with Gasteiger partial charge in [-0.1, -0.05) is 18.2 Å². The minimum Gasteiger partial charge on any atom is -0.354 e. The predicted octanol–water partition coefficient (Wildman–Crippen LogP) is 0.185. The number of hydrogen-bond acceptors (Lipinski definition) is 6. The molecule has 0 aliphatic carbocycles. The van der Waals surface area contributed by atoms with Crippen LogP contribution in [-0.2, 0) is 19.1 Å². The summed E-state index contributed by atoms with van der Waals surface area (Å²) in [6.45, 7) is 0.0950. The van der Waals surface area contributed by atoms with E-state index in [4.69, 9.17) is 9.47 Å². The summed E-state index contributed by atoms with van der Waals surface area (Å²) >= 11 is 0. The van der Waals surface area contributed by atoms with Gasteiger partial charge in [0.2, 0.25) is 0 Å². The number of azo groups is 1. The van der Waals surface area contributed by atoms with E-state index in [0.29, 0.717) is 11.1 Å². The Bertz CT molecular complexity index is 657. The van der Waals surface area contributed by atoms with Crippen LogP contribution in [0.4, 0.5) is 0 Å². The Morgan fingerprint density at radius 3 is 2.54 bits per heavy atom.